The maximum atomic E-state index is 12.3. The van der Waals surface area contributed by atoms with Crippen molar-refractivity contribution in [3.05, 3.63) is 0 Å². The second-order valence-electron chi connectivity index (χ2n) is 4.11. The zero-order valence-electron chi connectivity index (χ0n) is 10.4. The molecule has 1 heterocycles. The Morgan fingerprint density at radius 2 is 2.17 bits per heavy atom. The molecule has 0 aromatic heterocycles. The molecule has 0 aliphatic carbocycles. The third-order valence-electron chi connectivity index (χ3n) is 2.61. The Morgan fingerprint density at radius 1 is 1.56 bits per heavy atom. The van der Waals surface area contributed by atoms with Crippen LogP contribution in [0.4, 0.5) is 13.2 Å². The second kappa shape index (κ2) is 5.55. The standard InChI is InChI=1S/C10H16F3N3O2/c1-4-18-9(17)7-6(2)8(15-14-7)16(3)5-10(11,12)13/h6,8,15H,4-5H2,1-3H3. The third kappa shape index (κ3) is 3.59. The summed E-state index contributed by atoms with van der Waals surface area (Å²) in [5.74, 6) is -1.06. The van der Waals surface area contributed by atoms with E-state index in [-0.39, 0.29) is 12.3 Å². The molecule has 1 N–H and O–H groups in total. The number of alkyl halides is 3. The molecule has 0 bridgehead atoms. The highest BCUT2D eigenvalue weighted by Gasteiger charge is 2.39. The molecule has 0 amide bonds. The topological polar surface area (TPSA) is 53.9 Å². The van der Waals surface area contributed by atoms with Gasteiger partial charge in [0, 0.05) is 5.92 Å². The number of nitrogens with one attached hydrogen (secondary N) is 1. The summed E-state index contributed by atoms with van der Waals surface area (Å²) in [6.45, 7) is 2.42. The molecule has 5 nitrogen and oxygen atoms in total. The fourth-order valence-electron chi connectivity index (χ4n) is 1.80. The highest BCUT2D eigenvalue weighted by Crippen LogP contribution is 2.21. The molecule has 0 spiro atoms. The van der Waals surface area contributed by atoms with E-state index in [0.717, 1.165) is 4.90 Å². The molecule has 0 aromatic carbocycles. The van der Waals surface area contributed by atoms with E-state index in [0.29, 0.717) is 0 Å². The maximum Gasteiger partial charge on any atom is 0.401 e. The molecule has 0 radical (unpaired) electrons. The number of hydrogen-bond acceptors (Lipinski definition) is 5. The number of carbonyl (C=O) groups excluding carboxylic acids is 1. The average Bonchev–Trinajstić information content (AvgIpc) is 2.57. The summed E-state index contributed by atoms with van der Waals surface area (Å²) in [6.07, 6.45) is -4.95. The number of rotatable bonds is 4. The summed E-state index contributed by atoms with van der Waals surface area (Å²) in [5, 5.41) is 3.75. The second-order valence-corrected chi connectivity index (χ2v) is 4.11. The molecular formula is C10H16F3N3O2. The zero-order valence-corrected chi connectivity index (χ0v) is 10.4. The van der Waals surface area contributed by atoms with Crippen LogP contribution in [-0.4, -0.2) is 49.1 Å². The summed E-state index contributed by atoms with van der Waals surface area (Å²) in [5.41, 5.74) is 2.65. The van der Waals surface area contributed by atoms with Crippen molar-refractivity contribution in [2.24, 2.45) is 11.0 Å². The molecule has 18 heavy (non-hydrogen) atoms. The lowest BCUT2D eigenvalue weighted by molar-refractivity contribution is -0.149. The van der Waals surface area contributed by atoms with E-state index >= 15 is 0 Å². The Hall–Kier alpha value is -1.31. The molecule has 1 aliphatic heterocycles. The van der Waals surface area contributed by atoms with Crippen molar-refractivity contribution in [2.75, 3.05) is 20.2 Å². The summed E-state index contributed by atoms with van der Waals surface area (Å²) in [6, 6.07) is 0. The van der Waals surface area contributed by atoms with Crippen molar-refractivity contribution in [1.82, 2.24) is 10.3 Å². The highest BCUT2D eigenvalue weighted by atomic mass is 19.4. The maximum absolute atomic E-state index is 12.3. The van der Waals surface area contributed by atoms with Gasteiger partial charge in [0.25, 0.3) is 0 Å². The minimum atomic E-state index is -4.29. The first kappa shape index (κ1) is 14.7. The van der Waals surface area contributed by atoms with Gasteiger partial charge in [-0.05, 0) is 14.0 Å². The van der Waals surface area contributed by atoms with Gasteiger partial charge in [-0.15, -0.1) is 0 Å². The Bertz CT molecular complexity index is 344. The van der Waals surface area contributed by atoms with Crippen molar-refractivity contribution < 1.29 is 22.7 Å². The SMILES string of the molecule is CCOC(=O)C1=NNC(N(C)CC(F)(F)F)C1C. The molecule has 1 rings (SSSR count). The molecule has 2 unspecified atom stereocenters. The van der Waals surface area contributed by atoms with Gasteiger partial charge in [-0.1, -0.05) is 6.92 Å². The van der Waals surface area contributed by atoms with Crippen LogP contribution in [0, 0.1) is 5.92 Å². The van der Waals surface area contributed by atoms with Gasteiger partial charge >= 0.3 is 12.1 Å². The van der Waals surface area contributed by atoms with Gasteiger partial charge in [0.15, 0.2) is 5.71 Å². The Balaban J connectivity index is 2.62. The number of nitrogens with zero attached hydrogens (tertiary/aromatic N) is 2. The van der Waals surface area contributed by atoms with E-state index in [1.54, 1.807) is 13.8 Å². The van der Waals surface area contributed by atoms with Crippen LogP contribution in [-0.2, 0) is 9.53 Å². The number of ether oxygens (including phenoxy) is 1. The molecule has 104 valence electrons. The van der Waals surface area contributed by atoms with Gasteiger partial charge in [0.05, 0.1) is 13.2 Å². The van der Waals surface area contributed by atoms with Crippen molar-refractivity contribution >= 4 is 11.7 Å². The Kier molecular flexibility index (Phi) is 4.55. The highest BCUT2D eigenvalue weighted by molar-refractivity contribution is 6.37. The van der Waals surface area contributed by atoms with Crippen LogP contribution in [0.1, 0.15) is 13.8 Å². The summed E-state index contributed by atoms with van der Waals surface area (Å²) in [4.78, 5) is 12.5. The smallest absolute Gasteiger partial charge is 0.401 e. The minimum Gasteiger partial charge on any atom is -0.461 e. The number of halogens is 3. The van der Waals surface area contributed by atoms with Gasteiger partial charge in [-0.3, -0.25) is 10.3 Å². The van der Waals surface area contributed by atoms with Gasteiger partial charge in [0.2, 0.25) is 0 Å². The zero-order chi connectivity index (χ0) is 13.9. The predicted molar refractivity (Wildman–Crippen MR) is 58.8 cm³/mol. The van der Waals surface area contributed by atoms with Crippen LogP contribution >= 0.6 is 0 Å². The molecule has 8 heteroatoms. The first-order valence-corrected chi connectivity index (χ1v) is 5.53. The van der Waals surface area contributed by atoms with Crippen LogP contribution in [0.15, 0.2) is 5.10 Å². The largest absolute Gasteiger partial charge is 0.461 e. The lowest BCUT2D eigenvalue weighted by atomic mass is 10.0. The van der Waals surface area contributed by atoms with Gasteiger partial charge in [-0.2, -0.15) is 18.3 Å². The predicted octanol–water partition coefficient (Wildman–Crippen LogP) is 0.965. The minimum absolute atomic E-state index is 0.121. The van der Waals surface area contributed by atoms with Crippen LogP contribution in [0.5, 0.6) is 0 Å². The van der Waals surface area contributed by atoms with Gasteiger partial charge in [0.1, 0.15) is 6.17 Å². The van der Waals surface area contributed by atoms with Crippen molar-refractivity contribution in [3.8, 4) is 0 Å². The molecule has 0 saturated carbocycles. The van der Waals surface area contributed by atoms with Crippen molar-refractivity contribution in [3.63, 3.8) is 0 Å². The quantitative estimate of drug-likeness (QED) is 0.771. The number of hydrazone groups is 1. The molecule has 2 atom stereocenters. The van der Waals surface area contributed by atoms with E-state index in [4.69, 9.17) is 4.74 Å². The summed E-state index contributed by atoms with van der Waals surface area (Å²) < 4.78 is 41.6. The third-order valence-corrected chi connectivity index (χ3v) is 2.61. The van der Waals surface area contributed by atoms with Gasteiger partial charge in [-0.25, -0.2) is 4.79 Å². The van der Waals surface area contributed by atoms with E-state index in [1.165, 1.54) is 7.05 Å². The average molecular weight is 267 g/mol. The lowest BCUT2D eigenvalue weighted by Gasteiger charge is -2.28. The molecule has 0 fully saturated rings. The van der Waals surface area contributed by atoms with Crippen LogP contribution in [0.3, 0.4) is 0 Å². The Labute approximate surface area is 103 Å². The van der Waals surface area contributed by atoms with Crippen molar-refractivity contribution in [2.45, 2.75) is 26.2 Å². The fraction of sp³-hybridized carbons (Fsp3) is 0.800. The molecule has 0 saturated heterocycles. The summed E-state index contributed by atoms with van der Waals surface area (Å²) in [7, 11) is 1.32. The van der Waals surface area contributed by atoms with E-state index < -0.39 is 30.8 Å². The van der Waals surface area contributed by atoms with Crippen LogP contribution in [0.2, 0.25) is 0 Å². The Morgan fingerprint density at radius 3 is 2.67 bits per heavy atom. The molecular weight excluding hydrogens is 251 g/mol. The molecule has 0 aromatic rings. The first-order valence-electron chi connectivity index (χ1n) is 5.53. The first-order chi connectivity index (χ1) is 8.26. The van der Waals surface area contributed by atoms with Crippen LogP contribution in [0.25, 0.3) is 0 Å². The fourth-order valence-corrected chi connectivity index (χ4v) is 1.80. The number of hydrogen-bond donors (Lipinski definition) is 1. The summed E-state index contributed by atoms with van der Waals surface area (Å²) >= 11 is 0. The van der Waals surface area contributed by atoms with Crippen molar-refractivity contribution in [1.29, 1.82) is 0 Å². The van der Waals surface area contributed by atoms with E-state index in [1.807, 2.05) is 0 Å². The number of carbonyl (C=O) groups is 1. The lowest BCUT2D eigenvalue weighted by Crippen LogP contribution is -2.47. The van der Waals surface area contributed by atoms with E-state index in [2.05, 4.69) is 10.5 Å². The normalized spacial score (nSPS) is 23.8. The van der Waals surface area contributed by atoms with E-state index in [9.17, 15) is 18.0 Å². The monoisotopic (exact) mass is 267 g/mol. The van der Waals surface area contributed by atoms with Gasteiger partial charge < -0.3 is 4.74 Å². The number of esters is 1. The molecule has 1 aliphatic rings. The van der Waals surface area contributed by atoms with Crippen LogP contribution < -0.4 is 5.43 Å².